The van der Waals surface area contributed by atoms with Gasteiger partial charge in [-0.2, -0.15) is 0 Å². The third kappa shape index (κ3) is 75.1. The van der Waals surface area contributed by atoms with E-state index in [0.29, 0.717) is 0 Å². The molecule has 0 aromatic rings. The van der Waals surface area contributed by atoms with Crippen molar-refractivity contribution >= 4 is 23.9 Å². The van der Waals surface area contributed by atoms with E-state index in [1.807, 2.05) is 55.4 Å². The summed E-state index contributed by atoms with van der Waals surface area (Å²) in [5, 5.41) is 38.8. The Balaban J connectivity index is -0.0000000873. The maximum Gasteiger partial charge on any atom is 4.00 e. The molecule has 8 nitrogen and oxygen atoms in total. The molecule has 0 bridgehead atoms. The number of aliphatic carboxylic acids is 4. The molecule has 0 aliphatic carbocycles. The molecule has 0 atom stereocenters. The molecule has 9 heteroatoms. The van der Waals surface area contributed by atoms with Gasteiger partial charge in [-0.3, -0.25) is 0 Å². The minimum atomic E-state index is -0.963. The van der Waals surface area contributed by atoms with Crippen LogP contribution in [0.4, 0.5) is 0 Å². The van der Waals surface area contributed by atoms with E-state index in [0.717, 1.165) is 0 Å². The topological polar surface area (TPSA) is 161 Å². The van der Waals surface area contributed by atoms with Crippen LogP contribution in [0.3, 0.4) is 0 Å². The molecule has 0 aromatic heterocycles. The Morgan fingerprint density at radius 3 is 0.552 bits per heavy atom. The van der Waals surface area contributed by atoms with Gasteiger partial charge in [-0.15, -0.1) is 0 Å². The Morgan fingerprint density at radius 2 is 0.552 bits per heavy atom. The first-order chi connectivity index (χ1) is 12.5. The molecule has 0 spiro atoms. The molecule has 0 amide bonds. The number of hydrogen-bond donors (Lipinski definition) is 0. The van der Waals surface area contributed by atoms with E-state index >= 15 is 0 Å². The molecule has 0 fully saturated rings. The van der Waals surface area contributed by atoms with Gasteiger partial charge in [0.2, 0.25) is 0 Å². The van der Waals surface area contributed by atoms with Crippen LogP contribution in [0.25, 0.3) is 0 Å². The molecule has 0 saturated heterocycles. The van der Waals surface area contributed by atoms with Crippen molar-refractivity contribution < 1.29 is 70.7 Å². The largest absolute Gasteiger partial charge is 4.00 e. The fourth-order valence-electron chi connectivity index (χ4n) is 1.33. The average molecular weight is 643 g/mol. The summed E-state index contributed by atoms with van der Waals surface area (Å²) < 4.78 is 0. The van der Waals surface area contributed by atoms with Gasteiger partial charge in [-0.05, 0) is 49.4 Å². The van der Waals surface area contributed by atoms with Gasteiger partial charge < -0.3 is 39.6 Å². The third-order valence-corrected chi connectivity index (χ3v) is 2.30. The Morgan fingerprint density at radius 1 is 0.448 bits per heavy atom. The number of rotatable bonds is 8. The predicted molar refractivity (Wildman–Crippen MR) is 97.8 cm³/mol. The normalized spacial score (nSPS) is 9.24. The van der Waals surface area contributed by atoms with Crippen molar-refractivity contribution in [2.75, 3.05) is 0 Å². The van der Waals surface area contributed by atoms with Crippen LogP contribution in [-0.2, 0) is 19.2 Å². The number of carboxylic acid groups (broad SMARTS) is 4. The zero-order valence-corrected chi connectivity index (χ0v) is 23.1. The summed E-state index contributed by atoms with van der Waals surface area (Å²) in [7, 11) is 0. The van der Waals surface area contributed by atoms with Gasteiger partial charge in [0.05, 0.1) is 0 Å². The van der Waals surface area contributed by atoms with Crippen LogP contribution in [0.1, 0.15) is 81.1 Å². The summed E-state index contributed by atoms with van der Waals surface area (Å²) >= 11 is 0. The van der Waals surface area contributed by atoms with Crippen molar-refractivity contribution in [3.63, 3.8) is 0 Å². The molecule has 0 unspecified atom stereocenters. The minimum Gasteiger partial charge on any atom is -0.550 e. The van der Waals surface area contributed by atoms with Gasteiger partial charge in [0.25, 0.3) is 0 Å². The summed E-state index contributed by atoms with van der Waals surface area (Å²) in [4.78, 5) is 38.8. The zero-order chi connectivity index (χ0) is 23.4. The van der Waals surface area contributed by atoms with Crippen molar-refractivity contribution in [3.05, 3.63) is 0 Å². The monoisotopic (exact) mass is 642 g/mol. The maximum absolute atomic E-state index is 9.70. The zero-order valence-electron chi connectivity index (χ0n) is 18.9. The second-order valence-corrected chi connectivity index (χ2v) is 7.88. The van der Waals surface area contributed by atoms with Gasteiger partial charge in [-0.25, -0.2) is 0 Å². The Labute approximate surface area is 198 Å². The van der Waals surface area contributed by atoms with E-state index in [9.17, 15) is 39.6 Å². The van der Waals surface area contributed by atoms with E-state index in [1.165, 1.54) is 0 Å². The Hall–Kier alpha value is -1.07. The third-order valence-electron chi connectivity index (χ3n) is 2.30. The van der Waals surface area contributed by atoms with E-state index in [2.05, 4.69) is 0 Å². The molecule has 0 radical (unpaired) electrons. The molecular formula is C20H36O8U. The summed E-state index contributed by atoms with van der Waals surface area (Å²) in [6, 6.07) is 0. The van der Waals surface area contributed by atoms with E-state index in [-0.39, 0.29) is 80.5 Å². The van der Waals surface area contributed by atoms with Crippen LogP contribution < -0.4 is 20.4 Å². The second kappa shape index (κ2) is 25.0. The van der Waals surface area contributed by atoms with E-state index in [1.54, 1.807) is 0 Å². The first kappa shape index (κ1) is 38.5. The quantitative estimate of drug-likeness (QED) is 0.330. The van der Waals surface area contributed by atoms with Crippen molar-refractivity contribution in [1.29, 1.82) is 0 Å². The summed E-state index contributed by atoms with van der Waals surface area (Å²) in [6.07, 6.45) is 0.667. The van der Waals surface area contributed by atoms with Gasteiger partial charge >= 0.3 is 31.1 Å². The molecule has 0 rings (SSSR count). The van der Waals surface area contributed by atoms with Gasteiger partial charge in [-0.1, -0.05) is 55.4 Å². The molecule has 0 aliphatic heterocycles. The molecule has 0 N–H and O–H groups in total. The van der Waals surface area contributed by atoms with Crippen LogP contribution >= 0.6 is 0 Å². The average Bonchev–Trinajstić information content (AvgIpc) is 2.32. The maximum atomic E-state index is 9.70. The number of carboxylic acids is 4. The van der Waals surface area contributed by atoms with Crippen LogP contribution in [0, 0.1) is 54.8 Å². The van der Waals surface area contributed by atoms with Gasteiger partial charge in [0.15, 0.2) is 0 Å². The molecule has 0 saturated carbocycles. The molecule has 0 aliphatic rings. The van der Waals surface area contributed by atoms with Crippen molar-refractivity contribution in [3.8, 4) is 0 Å². The van der Waals surface area contributed by atoms with Crippen molar-refractivity contribution in [2.45, 2.75) is 81.1 Å². The molecule has 168 valence electrons. The van der Waals surface area contributed by atoms with Crippen LogP contribution in [0.15, 0.2) is 0 Å². The van der Waals surface area contributed by atoms with Crippen LogP contribution in [0.2, 0.25) is 0 Å². The summed E-state index contributed by atoms with van der Waals surface area (Å²) in [5.74, 6) is -3.00. The molecular weight excluding hydrogens is 606 g/mol. The first-order valence-corrected chi connectivity index (χ1v) is 9.30. The van der Waals surface area contributed by atoms with E-state index < -0.39 is 23.9 Å². The van der Waals surface area contributed by atoms with Crippen LogP contribution in [-0.4, -0.2) is 23.9 Å². The Bertz CT molecular complexity index is 352. The summed E-state index contributed by atoms with van der Waals surface area (Å²) in [5.41, 5.74) is 0. The fraction of sp³-hybridized carbons (Fsp3) is 0.800. The molecule has 29 heavy (non-hydrogen) atoms. The van der Waals surface area contributed by atoms with Gasteiger partial charge in [0, 0.05) is 23.9 Å². The minimum absolute atomic E-state index is 0. The van der Waals surface area contributed by atoms with Gasteiger partial charge in [0.1, 0.15) is 0 Å². The van der Waals surface area contributed by atoms with E-state index in [4.69, 9.17) is 0 Å². The van der Waals surface area contributed by atoms with Crippen molar-refractivity contribution in [2.24, 2.45) is 23.7 Å². The second-order valence-electron chi connectivity index (χ2n) is 7.88. The predicted octanol–water partition coefficient (Wildman–Crippen LogP) is -0.870. The van der Waals surface area contributed by atoms with Crippen LogP contribution in [0.5, 0.6) is 0 Å². The number of carbonyl (C=O) groups is 4. The fourth-order valence-corrected chi connectivity index (χ4v) is 1.33. The SMILES string of the molecule is CC(C)CC(=O)[O-].CC(C)CC(=O)[O-].CC(C)CC(=O)[O-].CC(C)CC(=O)[O-].[U+4]. The first-order valence-electron chi connectivity index (χ1n) is 9.30. The standard InChI is InChI=1S/4C5H10O2.U/c4*1-4(2)3-5(6)7;/h4*4H,3H2,1-2H3,(H,6,7);/q;;;;+4/p-4. The molecule has 0 aromatic carbocycles. The number of hydrogen-bond acceptors (Lipinski definition) is 8. The summed E-state index contributed by atoms with van der Waals surface area (Å²) in [6.45, 7) is 14.7. The van der Waals surface area contributed by atoms with Crippen molar-refractivity contribution in [1.82, 2.24) is 0 Å². The molecule has 0 heterocycles. The number of carbonyl (C=O) groups excluding carboxylic acids is 4. The smallest absolute Gasteiger partial charge is 0.550 e. The Kier molecular flexibility index (Phi) is 33.2.